The molecule has 0 N–H and O–H groups in total. The molecule has 3 heteroatoms. The van der Waals surface area contributed by atoms with Crippen LogP contribution >= 0.6 is 0 Å². The van der Waals surface area contributed by atoms with Gasteiger partial charge < -0.3 is 9.47 Å². The summed E-state index contributed by atoms with van der Waals surface area (Å²) < 4.78 is 11.8. The molecule has 21 heavy (non-hydrogen) atoms. The third kappa shape index (κ3) is 3.65. The molecule has 2 fully saturated rings. The lowest BCUT2D eigenvalue weighted by atomic mass is 9.88. The van der Waals surface area contributed by atoms with Gasteiger partial charge in [0, 0.05) is 32.7 Å². The van der Waals surface area contributed by atoms with Gasteiger partial charge in [-0.1, -0.05) is 29.8 Å². The second kappa shape index (κ2) is 6.47. The van der Waals surface area contributed by atoms with E-state index >= 15 is 0 Å². The van der Waals surface area contributed by atoms with Crippen LogP contribution in [-0.4, -0.2) is 42.9 Å². The molecule has 1 aromatic carbocycles. The Bertz CT molecular complexity index is 449. The smallest absolute Gasteiger partial charge is 0.0836 e. The van der Waals surface area contributed by atoms with Gasteiger partial charge in [0.05, 0.1) is 18.3 Å². The third-order valence-electron chi connectivity index (χ3n) is 4.87. The van der Waals surface area contributed by atoms with E-state index in [1.54, 1.807) is 0 Å². The highest BCUT2D eigenvalue weighted by atomic mass is 16.6. The van der Waals surface area contributed by atoms with Crippen molar-refractivity contribution < 1.29 is 9.47 Å². The number of likely N-dealkylation sites (tertiary alicyclic amines) is 1. The van der Waals surface area contributed by atoms with E-state index in [1.165, 1.54) is 11.1 Å². The van der Waals surface area contributed by atoms with E-state index in [2.05, 4.69) is 43.0 Å². The van der Waals surface area contributed by atoms with E-state index in [0.29, 0.717) is 6.10 Å². The average molecular weight is 289 g/mol. The molecule has 116 valence electrons. The molecule has 1 atom stereocenters. The van der Waals surface area contributed by atoms with Gasteiger partial charge in [-0.15, -0.1) is 0 Å². The fourth-order valence-corrected chi connectivity index (χ4v) is 3.56. The van der Waals surface area contributed by atoms with E-state index in [0.717, 1.165) is 52.1 Å². The zero-order chi connectivity index (χ0) is 14.7. The van der Waals surface area contributed by atoms with Crippen molar-refractivity contribution in [1.29, 1.82) is 0 Å². The van der Waals surface area contributed by atoms with Crippen molar-refractivity contribution in [3.05, 3.63) is 35.4 Å². The van der Waals surface area contributed by atoms with Crippen molar-refractivity contribution in [2.24, 2.45) is 0 Å². The number of hydrogen-bond donors (Lipinski definition) is 0. The van der Waals surface area contributed by atoms with Crippen LogP contribution in [0.5, 0.6) is 0 Å². The first-order chi connectivity index (χ1) is 10.2. The van der Waals surface area contributed by atoms with Crippen LogP contribution in [0.25, 0.3) is 0 Å². The standard InChI is InChI=1S/C18H27NO2/c1-3-20-17-12-18(21-14-17)8-10-19(11-9-18)13-16-6-4-15(2)5-7-16/h4-7,17H,3,8-14H2,1-2H3/t17-/m0/s1. The van der Waals surface area contributed by atoms with Crippen molar-refractivity contribution in [3.8, 4) is 0 Å². The maximum absolute atomic E-state index is 6.11. The van der Waals surface area contributed by atoms with Gasteiger partial charge in [-0.25, -0.2) is 0 Å². The van der Waals surface area contributed by atoms with E-state index in [1.807, 2.05) is 0 Å². The minimum atomic E-state index is 0.101. The highest BCUT2D eigenvalue weighted by Gasteiger charge is 2.42. The Kier molecular flexibility index (Phi) is 4.63. The Morgan fingerprint density at radius 2 is 1.95 bits per heavy atom. The summed E-state index contributed by atoms with van der Waals surface area (Å²) in [6.45, 7) is 9.11. The molecular weight excluding hydrogens is 262 g/mol. The van der Waals surface area contributed by atoms with Gasteiger partial charge in [0.2, 0.25) is 0 Å². The van der Waals surface area contributed by atoms with Gasteiger partial charge in [0.15, 0.2) is 0 Å². The number of rotatable bonds is 4. The summed E-state index contributed by atoms with van der Waals surface area (Å²) >= 11 is 0. The Labute approximate surface area is 128 Å². The Morgan fingerprint density at radius 3 is 2.62 bits per heavy atom. The van der Waals surface area contributed by atoms with Crippen molar-refractivity contribution in [2.45, 2.75) is 51.4 Å². The fraction of sp³-hybridized carbons (Fsp3) is 0.667. The van der Waals surface area contributed by atoms with Gasteiger partial charge in [-0.05, 0) is 32.3 Å². The fourth-order valence-electron chi connectivity index (χ4n) is 3.56. The molecule has 1 spiro atoms. The van der Waals surface area contributed by atoms with Crippen LogP contribution in [0.1, 0.15) is 37.3 Å². The van der Waals surface area contributed by atoms with Crippen molar-refractivity contribution >= 4 is 0 Å². The Balaban J connectivity index is 1.50. The van der Waals surface area contributed by atoms with Crippen LogP contribution in [0.2, 0.25) is 0 Å². The zero-order valence-electron chi connectivity index (χ0n) is 13.3. The molecule has 0 unspecified atom stereocenters. The molecule has 0 amide bonds. The van der Waals surface area contributed by atoms with Gasteiger partial charge in [-0.3, -0.25) is 4.90 Å². The molecule has 3 nitrogen and oxygen atoms in total. The van der Waals surface area contributed by atoms with Gasteiger partial charge in [0.25, 0.3) is 0 Å². The first-order valence-corrected chi connectivity index (χ1v) is 8.23. The molecule has 0 saturated carbocycles. The van der Waals surface area contributed by atoms with E-state index in [9.17, 15) is 0 Å². The molecule has 0 aromatic heterocycles. The van der Waals surface area contributed by atoms with Crippen molar-refractivity contribution in [2.75, 3.05) is 26.3 Å². The number of nitrogens with zero attached hydrogens (tertiary/aromatic N) is 1. The van der Waals surface area contributed by atoms with Crippen LogP contribution in [0.15, 0.2) is 24.3 Å². The SMILES string of the molecule is CCO[C@@H]1COC2(CCN(Cc3ccc(C)cc3)CC2)C1. The first-order valence-electron chi connectivity index (χ1n) is 8.23. The van der Waals surface area contributed by atoms with Crippen LogP contribution in [0, 0.1) is 6.92 Å². The Hall–Kier alpha value is -0.900. The summed E-state index contributed by atoms with van der Waals surface area (Å²) in [6.07, 6.45) is 3.68. The second-order valence-electron chi connectivity index (χ2n) is 6.54. The lowest BCUT2D eigenvalue weighted by Crippen LogP contribution is -2.43. The topological polar surface area (TPSA) is 21.7 Å². The molecule has 2 saturated heterocycles. The summed E-state index contributed by atoms with van der Waals surface area (Å²) in [7, 11) is 0. The van der Waals surface area contributed by atoms with Crippen LogP contribution in [0.4, 0.5) is 0 Å². The average Bonchev–Trinajstić information content (AvgIpc) is 2.88. The van der Waals surface area contributed by atoms with Crippen molar-refractivity contribution in [3.63, 3.8) is 0 Å². The normalized spacial score (nSPS) is 25.5. The third-order valence-corrected chi connectivity index (χ3v) is 4.87. The van der Waals surface area contributed by atoms with Gasteiger partial charge in [-0.2, -0.15) is 0 Å². The maximum Gasteiger partial charge on any atom is 0.0836 e. The highest BCUT2D eigenvalue weighted by molar-refractivity contribution is 5.21. The number of piperidine rings is 1. The first kappa shape index (κ1) is 15.0. The Morgan fingerprint density at radius 1 is 1.24 bits per heavy atom. The number of ether oxygens (including phenoxy) is 2. The summed E-state index contributed by atoms with van der Waals surface area (Å²) in [6, 6.07) is 8.90. The molecule has 2 heterocycles. The summed E-state index contributed by atoms with van der Waals surface area (Å²) in [5.41, 5.74) is 2.85. The molecule has 0 aliphatic carbocycles. The van der Waals surface area contributed by atoms with Crippen LogP contribution < -0.4 is 0 Å². The molecule has 0 bridgehead atoms. The minimum absolute atomic E-state index is 0.101. The van der Waals surface area contributed by atoms with E-state index < -0.39 is 0 Å². The van der Waals surface area contributed by atoms with Gasteiger partial charge >= 0.3 is 0 Å². The second-order valence-corrected chi connectivity index (χ2v) is 6.54. The molecular formula is C18H27NO2. The lowest BCUT2D eigenvalue weighted by Gasteiger charge is -2.38. The van der Waals surface area contributed by atoms with Crippen LogP contribution in [0.3, 0.4) is 0 Å². The number of benzene rings is 1. The number of aryl methyl sites for hydroxylation is 1. The van der Waals surface area contributed by atoms with E-state index in [4.69, 9.17) is 9.47 Å². The monoisotopic (exact) mass is 289 g/mol. The molecule has 2 aliphatic heterocycles. The quantitative estimate of drug-likeness (QED) is 0.850. The zero-order valence-corrected chi connectivity index (χ0v) is 13.3. The highest BCUT2D eigenvalue weighted by Crippen LogP contribution is 2.37. The summed E-state index contributed by atoms with van der Waals surface area (Å²) in [5.74, 6) is 0. The molecule has 3 rings (SSSR count). The number of hydrogen-bond acceptors (Lipinski definition) is 3. The summed E-state index contributed by atoms with van der Waals surface area (Å²) in [5, 5.41) is 0. The van der Waals surface area contributed by atoms with E-state index in [-0.39, 0.29) is 5.60 Å². The lowest BCUT2D eigenvalue weighted by molar-refractivity contribution is -0.0464. The molecule has 0 radical (unpaired) electrons. The predicted octanol–water partition coefficient (Wildman–Crippen LogP) is 3.16. The molecule has 2 aliphatic rings. The maximum atomic E-state index is 6.11. The predicted molar refractivity (Wildman–Crippen MR) is 84.4 cm³/mol. The largest absolute Gasteiger partial charge is 0.376 e. The minimum Gasteiger partial charge on any atom is -0.376 e. The van der Waals surface area contributed by atoms with Crippen LogP contribution in [-0.2, 0) is 16.0 Å². The molecule has 1 aromatic rings. The van der Waals surface area contributed by atoms with Gasteiger partial charge in [0.1, 0.15) is 0 Å². The summed E-state index contributed by atoms with van der Waals surface area (Å²) in [4.78, 5) is 2.55. The van der Waals surface area contributed by atoms with Crippen molar-refractivity contribution in [1.82, 2.24) is 4.90 Å².